The Kier molecular flexibility index (Phi) is 3.51. The number of carbonyl (C=O) groups is 1. The Labute approximate surface area is 133 Å². The maximum Gasteiger partial charge on any atom is 0.261 e. The Morgan fingerprint density at radius 3 is 3.05 bits per heavy atom. The van der Waals surface area contributed by atoms with Crippen molar-refractivity contribution in [3.05, 3.63) is 51.2 Å². The molecule has 0 radical (unpaired) electrons. The van der Waals surface area contributed by atoms with Crippen LogP contribution in [0.4, 0.5) is 0 Å². The summed E-state index contributed by atoms with van der Waals surface area (Å²) in [4.78, 5) is 16.1. The van der Waals surface area contributed by atoms with E-state index in [0.717, 1.165) is 29.9 Å². The molecule has 2 heterocycles. The molecule has 2 nitrogen and oxygen atoms in total. The van der Waals surface area contributed by atoms with Crippen LogP contribution in [0, 0.1) is 0 Å². The highest BCUT2D eigenvalue weighted by Gasteiger charge is 2.24. The highest BCUT2D eigenvalue weighted by Crippen LogP contribution is 2.36. The van der Waals surface area contributed by atoms with Gasteiger partial charge in [-0.05, 0) is 48.9 Å². The summed E-state index contributed by atoms with van der Waals surface area (Å²) in [5.41, 5.74) is 2.66. The summed E-state index contributed by atoms with van der Waals surface area (Å²) in [5.74, 6) is 1.17. The first kappa shape index (κ1) is 13.4. The molecule has 4 heteroatoms. The fourth-order valence-electron chi connectivity index (χ4n) is 3.16. The summed E-state index contributed by atoms with van der Waals surface area (Å²) in [6, 6.07) is 10.7. The third-order valence-corrected chi connectivity index (χ3v) is 6.59. The van der Waals surface area contributed by atoms with Gasteiger partial charge in [0.1, 0.15) is 0 Å². The summed E-state index contributed by atoms with van der Waals surface area (Å²) >= 11 is 3.57. The zero-order chi connectivity index (χ0) is 14.2. The van der Waals surface area contributed by atoms with Crippen LogP contribution >= 0.6 is 23.1 Å². The molecule has 1 aliphatic heterocycles. The molecule has 1 N–H and O–H groups in total. The number of fused-ring (bicyclic) bond motifs is 2. The average Bonchev–Trinajstić information content (AvgIpc) is 3.09. The second-order valence-corrected chi connectivity index (χ2v) is 7.89. The molecule has 1 aromatic heterocycles. The van der Waals surface area contributed by atoms with Gasteiger partial charge < -0.3 is 5.32 Å². The van der Waals surface area contributed by atoms with Crippen molar-refractivity contribution < 1.29 is 4.79 Å². The number of hydrogen-bond donors (Lipinski definition) is 1. The SMILES string of the molecule is O=C(N[C@@H]1CCSc2ccccc21)c1cc2c(s1)CCC2. The third kappa shape index (κ3) is 2.51. The predicted molar refractivity (Wildman–Crippen MR) is 88.3 cm³/mol. The second kappa shape index (κ2) is 5.50. The van der Waals surface area contributed by atoms with Gasteiger partial charge in [-0.1, -0.05) is 18.2 Å². The lowest BCUT2D eigenvalue weighted by Gasteiger charge is -2.25. The zero-order valence-corrected chi connectivity index (χ0v) is 13.4. The average molecular weight is 315 g/mol. The van der Waals surface area contributed by atoms with E-state index in [4.69, 9.17) is 0 Å². The molecule has 1 amide bonds. The van der Waals surface area contributed by atoms with Crippen LogP contribution in [0.15, 0.2) is 35.2 Å². The number of amides is 1. The van der Waals surface area contributed by atoms with Crippen LogP contribution in [-0.2, 0) is 12.8 Å². The van der Waals surface area contributed by atoms with Crippen molar-refractivity contribution in [3.8, 4) is 0 Å². The van der Waals surface area contributed by atoms with Gasteiger partial charge in [0.2, 0.25) is 0 Å². The Bertz CT molecular complexity index is 670. The second-order valence-electron chi connectivity index (χ2n) is 5.61. The highest BCUT2D eigenvalue weighted by atomic mass is 32.2. The largest absolute Gasteiger partial charge is 0.344 e. The number of carbonyl (C=O) groups excluding carboxylic acids is 1. The third-order valence-electron chi connectivity index (χ3n) is 4.23. The Morgan fingerprint density at radius 2 is 2.14 bits per heavy atom. The molecule has 0 bridgehead atoms. The first-order chi connectivity index (χ1) is 10.3. The van der Waals surface area contributed by atoms with Crippen LogP contribution < -0.4 is 5.32 Å². The van der Waals surface area contributed by atoms with Gasteiger partial charge in [0.25, 0.3) is 5.91 Å². The van der Waals surface area contributed by atoms with E-state index in [1.807, 2.05) is 11.8 Å². The summed E-state index contributed by atoms with van der Waals surface area (Å²) in [6.45, 7) is 0. The highest BCUT2D eigenvalue weighted by molar-refractivity contribution is 7.99. The predicted octanol–water partition coefficient (Wildman–Crippen LogP) is 4.20. The van der Waals surface area contributed by atoms with E-state index in [9.17, 15) is 4.79 Å². The van der Waals surface area contributed by atoms with E-state index < -0.39 is 0 Å². The molecule has 2 aliphatic rings. The minimum Gasteiger partial charge on any atom is -0.344 e. The van der Waals surface area contributed by atoms with Crippen LogP contribution in [0.1, 0.15) is 44.6 Å². The molecular weight excluding hydrogens is 298 g/mol. The number of aryl methyl sites for hydroxylation is 2. The van der Waals surface area contributed by atoms with Crippen molar-refractivity contribution in [2.75, 3.05) is 5.75 Å². The maximum absolute atomic E-state index is 12.5. The molecule has 1 aliphatic carbocycles. The first-order valence-electron chi connectivity index (χ1n) is 7.45. The normalized spacial score (nSPS) is 19.9. The van der Waals surface area contributed by atoms with Crippen LogP contribution in [0.2, 0.25) is 0 Å². The topological polar surface area (TPSA) is 29.1 Å². The van der Waals surface area contributed by atoms with Crippen LogP contribution in [0.25, 0.3) is 0 Å². The molecule has 0 spiro atoms. The Morgan fingerprint density at radius 1 is 1.24 bits per heavy atom. The Balaban J connectivity index is 1.54. The fraction of sp³-hybridized carbons (Fsp3) is 0.353. The first-order valence-corrected chi connectivity index (χ1v) is 9.25. The number of hydrogen-bond acceptors (Lipinski definition) is 3. The summed E-state index contributed by atoms with van der Waals surface area (Å²) < 4.78 is 0. The number of benzene rings is 1. The molecule has 108 valence electrons. The Hall–Kier alpha value is -1.26. The van der Waals surface area contributed by atoms with Gasteiger partial charge in [0.05, 0.1) is 10.9 Å². The van der Waals surface area contributed by atoms with Gasteiger partial charge in [0, 0.05) is 15.5 Å². The van der Waals surface area contributed by atoms with Gasteiger partial charge >= 0.3 is 0 Å². The summed E-state index contributed by atoms with van der Waals surface area (Å²) in [6.07, 6.45) is 4.55. The van der Waals surface area contributed by atoms with Crippen LogP contribution in [-0.4, -0.2) is 11.7 Å². The number of thiophene rings is 1. The van der Waals surface area contributed by atoms with E-state index in [1.165, 1.54) is 27.3 Å². The lowest BCUT2D eigenvalue weighted by molar-refractivity contribution is 0.0939. The summed E-state index contributed by atoms with van der Waals surface area (Å²) in [7, 11) is 0. The minimum absolute atomic E-state index is 0.0982. The number of thioether (sulfide) groups is 1. The lowest BCUT2D eigenvalue weighted by Crippen LogP contribution is -2.30. The van der Waals surface area contributed by atoms with Gasteiger partial charge in [-0.2, -0.15) is 0 Å². The molecule has 1 aromatic carbocycles. The van der Waals surface area contributed by atoms with E-state index in [1.54, 1.807) is 11.3 Å². The molecule has 0 fully saturated rings. The molecule has 0 saturated heterocycles. The molecule has 0 unspecified atom stereocenters. The number of nitrogens with one attached hydrogen (secondary N) is 1. The van der Waals surface area contributed by atoms with E-state index >= 15 is 0 Å². The van der Waals surface area contributed by atoms with Crippen molar-refractivity contribution in [1.29, 1.82) is 0 Å². The van der Waals surface area contributed by atoms with Crippen molar-refractivity contribution >= 4 is 29.0 Å². The molecule has 0 saturated carbocycles. The van der Waals surface area contributed by atoms with Gasteiger partial charge in [-0.3, -0.25) is 4.79 Å². The standard InChI is InChI=1S/C17H17NOS2/c19-17(16-10-11-4-3-7-14(11)21-16)18-13-8-9-20-15-6-2-1-5-12(13)15/h1-2,5-6,10,13H,3-4,7-9H2,(H,18,19)/t13-/m1/s1. The maximum atomic E-state index is 12.5. The van der Waals surface area contributed by atoms with Crippen molar-refractivity contribution in [1.82, 2.24) is 5.32 Å². The monoisotopic (exact) mass is 315 g/mol. The molecule has 2 aromatic rings. The van der Waals surface area contributed by atoms with Gasteiger partial charge in [-0.25, -0.2) is 0 Å². The zero-order valence-electron chi connectivity index (χ0n) is 11.7. The van der Waals surface area contributed by atoms with Crippen LogP contribution in [0.5, 0.6) is 0 Å². The molecule has 1 atom stereocenters. The van der Waals surface area contributed by atoms with E-state index in [2.05, 4.69) is 35.6 Å². The van der Waals surface area contributed by atoms with Crippen molar-refractivity contribution in [3.63, 3.8) is 0 Å². The summed E-state index contributed by atoms with van der Waals surface area (Å²) in [5, 5.41) is 3.24. The fourth-order valence-corrected chi connectivity index (χ4v) is 5.44. The van der Waals surface area contributed by atoms with E-state index in [0.29, 0.717) is 0 Å². The quantitative estimate of drug-likeness (QED) is 0.899. The molecule has 21 heavy (non-hydrogen) atoms. The molecule has 4 rings (SSSR count). The molecular formula is C17H17NOS2. The van der Waals surface area contributed by atoms with Crippen LogP contribution in [0.3, 0.4) is 0 Å². The smallest absolute Gasteiger partial charge is 0.261 e. The number of rotatable bonds is 2. The van der Waals surface area contributed by atoms with Gasteiger partial charge in [-0.15, -0.1) is 23.1 Å². The van der Waals surface area contributed by atoms with Crippen molar-refractivity contribution in [2.24, 2.45) is 0 Å². The minimum atomic E-state index is 0.0982. The van der Waals surface area contributed by atoms with Gasteiger partial charge in [0.15, 0.2) is 0 Å². The lowest BCUT2D eigenvalue weighted by atomic mass is 10.0. The van der Waals surface area contributed by atoms with Crippen molar-refractivity contribution in [2.45, 2.75) is 36.6 Å². The van der Waals surface area contributed by atoms with E-state index in [-0.39, 0.29) is 11.9 Å².